The lowest BCUT2D eigenvalue weighted by molar-refractivity contribution is -0.131. The molecular formula is C18H25N3O3. The van der Waals surface area contributed by atoms with Crippen LogP contribution in [-0.2, 0) is 4.79 Å². The standard InChI is InChI=1S/C18H25N3O3/c1-13-5-3-4-6-15(13)18(24)21-11-16(17(23)12-21)20-9-7-19(8-10-20)14(2)22/h3-6,16-17,23H,7-12H2,1-2H3/t16-,17-/m1/s1. The summed E-state index contributed by atoms with van der Waals surface area (Å²) in [6.45, 7) is 7.27. The van der Waals surface area contributed by atoms with Crippen LogP contribution in [0.25, 0.3) is 0 Å². The molecule has 1 aromatic rings. The first-order chi connectivity index (χ1) is 11.5. The molecule has 0 unspecified atom stereocenters. The lowest BCUT2D eigenvalue weighted by Gasteiger charge is -2.38. The van der Waals surface area contributed by atoms with Gasteiger partial charge in [-0.15, -0.1) is 0 Å². The average Bonchev–Trinajstić information content (AvgIpc) is 2.96. The molecule has 0 saturated carbocycles. The monoisotopic (exact) mass is 331 g/mol. The van der Waals surface area contributed by atoms with Crippen LogP contribution in [0.2, 0.25) is 0 Å². The Morgan fingerprint density at radius 1 is 1.04 bits per heavy atom. The van der Waals surface area contributed by atoms with Gasteiger partial charge in [-0.25, -0.2) is 0 Å². The SMILES string of the molecule is CC(=O)N1CCN([C@@H]2CN(C(=O)c3ccccc3C)C[C@H]2O)CC1. The minimum absolute atomic E-state index is 0.0166. The summed E-state index contributed by atoms with van der Waals surface area (Å²) in [4.78, 5) is 29.9. The maximum atomic E-state index is 12.7. The second-order valence-corrected chi connectivity index (χ2v) is 6.70. The first-order valence-electron chi connectivity index (χ1n) is 8.50. The number of amides is 2. The van der Waals surface area contributed by atoms with Gasteiger partial charge in [-0.2, -0.15) is 0 Å². The number of aliphatic hydroxyl groups is 1. The summed E-state index contributed by atoms with van der Waals surface area (Å²) >= 11 is 0. The highest BCUT2D eigenvalue weighted by atomic mass is 16.3. The second-order valence-electron chi connectivity index (χ2n) is 6.70. The second kappa shape index (κ2) is 6.91. The van der Waals surface area contributed by atoms with Gasteiger partial charge in [-0.05, 0) is 18.6 Å². The van der Waals surface area contributed by atoms with E-state index in [1.54, 1.807) is 11.8 Å². The molecule has 0 radical (unpaired) electrons. The van der Waals surface area contributed by atoms with Crippen molar-refractivity contribution >= 4 is 11.8 Å². The van der Waals surface area contributed by atoms with E-state index < -0.39 is 6.10 Å². The Kier molecular flexibility index (Phi) is 4.87. The lowest BCUT2D eigenvalue weighted by Crippen LogP contribution is -2.54. The van der Waals surface area contributed by atoms with Gasteiger partial charge in [-0.3, -0.25) is 14.5 Å². The number of nitrogens with zero attached hydrogens (tertiary/aromatic N) is 3. The Labute approximate surface area is 142 Å². The van der Waals surface area contributed by atoms with E-state index in [1.165, 1.54) is 0 Å². The van der Waals surface area contributed by atoms with Crippen LogP contribution in [-0.4, -0.2) is 83.0 Å². The molecule has 0 aromatic heterocycles. The third-order valence-corrected chi connectivity index (χ3v) is 5.15. The van der Waals surface area contributed by atoms with E-state index in [2.05, 4.69) is 4.90 Å². The molecule has 3 rings (SSSR count). The van der Waals surface area contributed by atoms with E-state index in [1.807, 2.05) is 36.1 Å². The normalized spacial score (nSPS) is 25.1. The molecule has 2 aliphatic heterocycles. The Morgan fingerprint density at radius 3 is 2.33 bits per heavy atom. The van der Waals surface area contributed by atoms with Crippen LogP contribution < -0.4 is 0 Å². The number of aliphatic hydroxyl groups excluding tert-OH is 1. The maximum absolute atomic E-state index is 12.7. The van der Waals surface area contributed by atoms with Crippen LogP contribution in [0, 0.1) is 6.92 Å². The van der Waals surface area contributed by atoms with Gasteiger partial charge in [0, 0.05) is 51.8 Å². The molecule has 6 nitrogen and oxygen atoms in total. The molecule has 2 fully saturated rings. The highest BCUT2D eigenvalue weighted by Crippen LogP contribution is 2.21. The van der Waals surface area contributed by atoms with Crippen LogP contribution >= 0.6 is 0 Å². The van der Waals surface area contributed by atoms with Crippen LogP contribution in [0.15, 0.2) is 24.3 Å². The van der Waals surface area contributed by atoms with Gasteiger partial charge in [0.2, 0.25) is 5.91 Å². The molecule has 1 aromatic carbocycles. The number of aryl methyl sites for hydroxylation is 1. The minimum Gasteiger partial charge on any atom is -0.390 e. The molecule has 1 N–H and O–H groups in total. The third-order valence-electron chi connectivity index (χ3n) is 5.15. The Balaban J connectivity index is 1.64. The van der Waals surface area contributed by atoms with Crippen molar-refractivity contribution in [2.45, 2.75) is 26.0 Å². The van der Waals surface area contributed by atoms with E-state index in [9.17, 15) is 14.7 Å². The summed E-state index contributed by atoms with van der Waals surface area (Å²) in [5.74, 6) is 0.0787. The van der Waals surface area contributed by atoms with E-state index in [4.69, 9.17) is 0 Å². The van der Waals surface area contributed by atoms with E-state index in [0.29, 0.717) is 31.7 Å². The van der Waals surface area contributed by atoms with Crippen molar-refractivity contribution in [2.24, 2.45) is 0 Å². The highest BCUT2D eigenvalue weighted by molar-refractivity contribution is 5.95. The maximum Gasteiger partial charge on any atom is 0.254 e. The molecule has 0 spiro atoms. The summed E-state index contributed by atoms with van der Waals surface area (Å²) in [6, 6.07) is 7.50. The molecule has 2 saturated heterocycles. The lowest BCUT2D eigenvalue weighted by atomic mass is 10.1. The number of rotatable bonds is 2. The van der Waals surface area contributed by atoms with Crippen molar-refractivity contribution < 1.29 is 14.7 Å². The number of hydrogen-bond donors (Lipinski definition) is 1. The molecule has 0 aliphatic carbocycles. The van der Waals surface area contributed by atoms with Crippen molar-refractivity contribution in [1.29, 1.82) is 0 Å². The molecule has 0 bridgehead atoms. The first-order valence-corrected chi connectivity index (χ1v) is 8.50. The average molecular weight is 331 g/mol. The van der Waals surface area contributed by atoms with Gasteiger partial charge in [0.15, 0.2) is 0 Å². The van der Waals surface area contributed by atoms with E-state index in [-0.39, 0.29) is 17.9 Å². The van der Waals surface area contributed by atoms with Crippen LogP contribution in [0.5, 0.6) is 0 Å². The fraction of sp³-hybridized carbons (Fsp3) is 0.556. The molecule has 6 heteroatoms. The topological polar surface area (TPSA) is 64.1 Å². The molecule has 2 aliphatic rings. The Morgan fingerprint density at radius 2 is 1.71 bits per heavy atom. The van der Waals surface area contributed by atoms with Gasteiger partial charge in [-0.1, -0.05) is 18.2 Å². The number of piperazine rings is 1. The predicted molar refractivity (Wildman–Crippen MR) is 90.7 cm³/mol. The van der Waals surface area contributed by atoms with Crippen LogP contribution in [0.3, 0.4) is 0 Å². The molecule has 24 heavy (non-hydrogen) atoms. The van der Waals surface area contributed by atoms with Gasteiger partial charge < -0.3 is 14.9 Å². The summed E-state index contributed by atoms with van der Waals surface area (Å²) in [5.41, 5.74) is 1.65. The largest absolute Gasteiger partial charge is 0.390 e. The zero-order valence-electron chi connectivity index (χ0n) is 14.3. The van der Waals surface area contributed by atoms with Gasteiger partial charge >= 0.3 is 0 Å². The molecule has 2 heterocycles. The third kappa shape index (κ3) is 3.30. The predicted octanol–water partition coefficient (Wildman–Crippen LogP) is 0.344. The fourth-order valence-electron chi connectivity index (χ4n) is 3.65. The highest BCUT2D eigenvalue weighted by Gasteiger charge is 2.39. The number of hydrogen-bond acceptors (Lipinski definition) is 4. The quantitative estimate of drug-likeness (QED) is 0.849. The number of carbonyl (C=O) groups is 2. The first kappa shape index (κ1) is 16.9. The van der Waals surface area contributed by atoms with Crippen molar-refractivity contribution in [3.8, 4) is 0 Å². The van der Waals surface area contributed by atoms with E-state index >= 15 is 0 Å². The van der Waals surface area contributed by atoms with Gasteiger partial charge in [0.25, 0.3) is 5.91 Å². The number of carbonyl (C=O) groups excluding carboxylic acids is 2. The van der Waals surface area contributed by atoms with Gasteiger partial charge in [0.1, 0.15) is 0 Å². The van der Waals surface area contributed by atoms with Crippen LogP contribution in [0.1, 0.15) is 22.8 Å². The van der Waals surface area contributed by atoms with Crippen molar-refractivity contribution in [3.05, 3.63) is 35.4 Å². The number of benzene rings is 1. The summed E-state index contributed by atoms with van der Waals surface area (Å²) < 4.78 is 0. The molecule has 130 valence electrons. The fourth-order valence-corrected chi connectivity index (χ4v) is 3.65. The zero-order valence-corrected chi connectivity index (χ0v) is 14.3. The molecule has 2 amide bonds. The van der Waals surface area contributed by atoms with Crippen LogP contribution in [0.4, 0.5) is 0 Å². The summed E-state index contributed by atoms with van der Waals surface area (Å²) in [7, 11) is 0. The Bertz CT molecular complexity index is 626. The van der Waals surface area contributed by atoms with Crippen molar-refractivity contribution in [2.75, 3.05) is 39.3 Å². The number of β-amino-alcohol motifs (C(OH)–C–C–N with tert-alkyl or cyclic N) is 1. The van der Waals surface area contributed by atoms with Crippen molar-refractivity contribution in [3.63, 3.8) is 0 Å². The summed E-state index contributed by atoms with van der Waals surface area (Å²) in [6.07, 6.45) is -0.540. The zero-order chi connectivity index (χ0) is 17.3. The van der Waals surface area contributed by atoms with E-state index in [0.717, 1.165) is 18.7 Å². The number of likely N-dealkylation sites (tertiary alicyclic amines) is 1. The summed E-state index contributed by atoms with van der Waals surface area (Å²) in [5, 5.41) is 10.4. The smallest absolute Gasteiger partial charge is 0.254 e. The molecule has 2 atom stereocenters. The Hall–Kier alpha value is -1.92. The minimum atomic E-state index is -0.540. The molecular weight excluding hydrogens is 306 g/mol. The van der Waals surface area contributed by atoms with Gasteiger partial charge in [0.05, 0.1) is 12.1 Å². The van der Waals surface area contributed by atoms with Crippen molar-refractivity contribution in [1.82, 2.24) is 14.7 Å².